The number of rotatable bonds is 9. The minimum Gasteiger partial charge on any atom is -0.351 e. The van der Waals surface area contributed by atoms with E-state index < -0.39 is 11.6 Å². The summed E-state index contributed by atoms with van der Waals surface area (Å²) >= 11 is 0. The van der Waals surface area contributed by atoms with E-state index in [1.165, 1.54) is 95.5 Å². The van der Waals surface area contributed by atoms with Gasteiger partial charge in [0.25, 0.3) is 0 Å². The van der Waals surface area contributed by atoms with Crippen LogP contribution in [0.4, 0.5) is 8.78 Å². The van der Waals surface area contributed by atoms with Crippen LogP contribution in [0.5, 0.6) is 0 Å². The topological polar surface area (TPSA) is 154 Å². The van der Waals surface area contributed by atoms with E-state index in [2.05, 4.69) is 263 Å². The first-order valence-electron chi connectivity index (χ1n) is 36.6. The molecule has 5 aliphatic rings. The second kappa shape index (κ2) is 39.4. The Morgan fingerprint density at radius 3 is 1.12 bits per heavy atom. The summed E-state index contributed by atoms with van der Waals surface area (Å²) in [7, 11) is 0. The van der Waals surface area contributed by atoms with Crippen molar-refractivity contribution in [3.63, 3.8) is 0 Å². The largest absolute Gasteiger partial charge is 0.351 e. The Hall–Kier alpha value is -8.73. The van der Waals surface area contributed by atoms with E-state index in [0.717, 1.165) is 176 Å². The number of fused-ring (bicyclic) bond motifs is 6. The molecule has 10 heterocycles. The number of halogens is 2. The summed E-state index contributed by atoms with van der Waals surface area (Å²) in [5.41, 5.74) is 13.8. The van der Waals surface area contributed by atoms with Crippen molar-refractivity contribution < 1.29 is 109 Å². The SMILES string of the molecule is Fc1c[c-]c(-c2nnc3n2CCCC3)c(F)c1.[Ir].[Ir].[Ir].[Ir].[Ir].[c-]1cc(-c2ccccc2)cc(-c2ccccc2)c1-c1nnc2n1CCCC2.[c-]1cc(-c2ccccc2)ccc1-c1nnc2n1CCCC2.[c-]1cc2ccccc2cc1-c1nnc2n1CCCC2.[c-]1ccc(-c2ccccc2)cc1-c1nnc2n1CCCC2. The average Bonchev–Trinajstić information content (AvgIpc) is 1.62. The molecular formula is C88H76F2Ir5N15-5. The molecule has 0 saturated carbocycles. The van der Waals surface area contributed by atoms with E-state index in [1.54, 1.807) is 0 Å². The first kappa shape index (κ1) is 82.2. The van der Waals surface area contributed by atoms with Gasteiger partial charge in [-0.2, -0.15) is 25.5 Å². The Balaban J connectivity index is 0.000000136. The number of hydrogen-bond donors (Lipinski definition) is 0. The van der Waals surface area contributed by atoms with Gasteiger partial charge in [-0.05, 0) is 69.8 Å². The van der Waals surface area contributed by atoms with Gasteiger partial charge >= 0.3 is 0 Å². The van der Waals surface area contributed by atoms with Crippen molar-refractivity contribution in [2.24, 2.45) is 0 Å². The van der Waals surface area contributed by atoms with Gasteiger partial charge in [0, 0.05) is 177 Å². The summed E-state index contributed by atoms with van der Waals surface area (Å²) in [6.45, 7) is 4.83. The normalized spacial score (nSPS) is 13.4. The van der Waals surface area contributed by atoms with Crippen LogP contribution in [0.3, 0.4) is 0 Å². The second-order valence-corrected chi connectivity index (χ2v) is 26.9. The van der Waals surface area contributed by atoms with Crippen LogP contribution in [0.2, 0.25) is 0 Å². The van der Waals surface area contributed by atoms with Crippen LogP contribution in [-0.2, 0) is 165 Å². The minimum atomic E-state index is -0.647. The van der Waals surface area contributed by atoms with Gasteiger partial charge in [0.1, 0.15) is 29.1 Å². The van der Waals surface area contributed by atoms with Crippen molar-refractivity contribution in [3.05, 3.63) is 289 Å². The first-order chi connectivity index (χ1) is 51.9. The van der Waals surface area contributed by atoms with E-state index in [-0.39, 0.29) is 106 Å². The second-order valence-electron chi connectivity index (χ2n) is 26.9. The van der Waals surface area contributed by atoms with Crippen LogP contribution in [-0.4, -0.2) is 73.8 Å². The van der Waals surface area contributed by atoms with E-state index in [0.29, 0.717) is 5.82 Å². The molecule has 15 nitrogen and oxygen atoms in total. The maximum atomic E-state index is 13.6. The number of aromatic nitrogens is 15. The number of benzene rings is 10. The zero-order valence-corrected chi connectivity index (χ0v) is 72.0. The fraction of sp³-hybridized carbons (Fsp3) is 0.227. The zero-order chi connectivity index (χ0) is 70.7. The Bertz CT molecular complexity index is 5460. The minimum absolute atomic E-state index is 0. The smallest absolute Gasteiger partial charge is 0.124 e. The molecule has 0 atom stereocenters. The van der Waals surface area contributed by atoms with Crippen molar-refractivity contribution in [2.75, 3.05) is 0 Å². The van der Waals surface area contributed by atoms with Gasteiger partial charge in [0.2, 0.25) is 0 Å². The van der Waals surface area contributed by atoms with Crippen molar-refractivity contribution in [3.8, 4) is 101 Å². The molecule has 0 bridgehead atoms. The van der Waals surface area contributed by atoms with Crippen molar-refractivity contribution in [1.82, 2.24) is 73.8 Å². The van der Waals surface area contributed by atoms with Crippen LogP contribution >= 0.6 is 0 Å². The average molecular weight is 2340 g/mol. The van der Waals surface area contributed by atoms with Crippen molar-refractivity contribution >= 4 is 10.8 Å². The molecule has 0 amide bonds. The van der Waals surface area contributed by atoms with Crippen LogP contribution in [0, 0.1) is 42.0 Å². The van der Waals surface area contributed by atoms with Gasteiger partial charge < -0.3 is 22.8 Å². The predicted octanol–water partition coefficient (Wildman–Crippen LogP) is 18.5. The maximum Gasteiger partial charge on any atom is 0.124 e. The third-order valence-electron chi connectivity index (χ3n) is 20.0. The summed E-state index contributed by atoms with van der Waals surface area (Å²) in [6, 6.07) is 89.1. The van der Waals surface area contributed by atoms with Gasteiger partial charge in [0.05, 0.1) is 29.1 Å². The van der Waals surface area contributed by atoms with Crippen LogP contribution < -0.4 is 0 Å². The number of hydrogen-bond acceptors (Lipinski definition) is 10. The number of nitrogens with zero attached hydrogens (tertiary/aromatic N) is 15. The quantitative estimate of drug-likeness (QED) is 0.128. The number of aryl methyl sites for hydroxylation is 5. The molecule has 5 aliphatic heterocycles. The van der Waals surface area contributed by atoms with Gasteiger partial charge in [-0.1, -0.05) is 202 Å². The summed E-state index contributed by atoms with van der Waals surface area (Å²) in [4.78, 5) is 0. The fourth-order valence-electron chi connectivity index (χ4n) is 14.5. The first-order valence-corrected chi connectivity index (χ1v) is 36.6. The summed E-state index contributed by atoms with van der Waals surface area (Å²) < 4.78 is 37.3. The summed E-state index contributed by atoms with van der Waals surface area (Å²) in [6.07, 6.45) is 16.7. The van der Waals surface area contributed by atoms with E-state index in [9.17, 15) is 8.78 Å². The van der Waals surface area contributed by atoms with Crippen LogP contribution in [0.25, 0.3) is 112 Å². The summed E-state index contributed by atoms with van der Waals surface area (Å²) in [5, 5.41) is 45.5. The molecule has 0 fully saturated rings. The molecule has 5 aromatic heterocycles. The molecule has 0 spiro atoms. The van der Waals surface area contributed by atoms with E-state index in [4.69, 9.17) is 0 Å². The molecule has 15 aromatic rings. The van der Waals surface area contributed by atoms with Gasteiger partial charge in [-0.3, -0.25) is 8.78 Å². The third-order valence-corrected chi connectivity index (χ3v) is 20.0. The summed E-state index contributed by atoms with van der Waals surface area (Å²) in [5.74, 6) is 8.23. The Labute approximate surface area is 707 Å². The fourth-order valence-corrected chi connectivity index (χ4v) is 14.5. The molecule has 110 heavy (non-hydrogen) atoms. The molecule has 0 saturated heterocycles. The van der Waals surface area contributed by atoms with Crippen molar-refractivity contribution in [2.45, 2.75) is 129 Å². The Kier molecular flexibility index (Phi) is 29.5. The van der Waals surface area contributed by atoms with Crippen LogP contribution in [0.1, 0.15) is 93.3 Å². The third kappa shape index (κ3) is 18.9. The zero-order valence-electron chi connectivity index (χ0n) is 60.1. The van der Waals surface area contributed by atoms with E-state index in [1.807, 2.05) is 47.0 Å². The Morgan fingerprint density at radius 2 is 0.645 bits per heavy atom. The van der Waals surface area contributed by atoms with Gasteiger partial charge in [0.15, 0.2) is 0 Å². The molecule has 567 valence electrons. The molecule has 0 unspecified atom stereocenters. The molecule has 20 rings (SSSR count). The standard InChI is InChI=1S/C24H20N3.2C18H16N3.C16H14N3.C12H10F2N3.5Ir/c1-3-9-18(10-4-1)20-14-15-21(22(17-20)19-11-5-2-6-12-19)24-26-25-23-13-7-8-16-27(23)24;1-2-7-14(8-3-1)15-9-6-10-16(13-15)18-20-19-17-11-4-5-12-21(17)18;1-2-6-14(7-3-1)15-9-11-16(12-10-15)18-20-19-17-8-4-5-13-21(17)18;1-2-6-13-11-14(9-8-12(13)5-1)16-18-17-15-7-3-4-10-19(15)16;13-8-4-5-9(10(14)7-8)12-16-15-11-3-1-2-6-17(11)12;;;;;/h1-6,9-12,14,17H,7-8,13,16H2;1-3,6-9,13H,4-5,11-12H2;1-3,6-7,9-11H,4-5,8,13H2;1-2,5-6,8,11H,3-4,7,10H2;4,7H,1-3,6H2;;;;;/q5*-1;;;;;. The van der Waals surface area contributed by atoms with Crippen molar-refractivity contribution in [1.29, 1.82) is 0 Å². The maximum absolute atomic E-state index is 13.6. The Morgan fingerprint density at radius 1 is 0.264 bits per heavy atom. The molecule has 0 N–H and O–H groups in total. The molecular weight excluding hydrogens is 2270 g/mol. The van der Waals surface area contributed by atoms with Gasteiger partial charge in [-0.15, -0.1) is 150 Å². The van der Waals surface area contributed by atoms with Crippen LogP contribution in [0.15, 0.2) is 218 Å². The molecule has 10 aromatic carbocycles. The monoisotopic (exact) mass is 2350 g/mol. The molecule has 5 radical (unpaired) electrons. The molecule has 22 heteroatoms. The molecule has 0 aliphatic carbocycles. The predicted molar refractivity (Wildman–Crippen MR) is 405 cm³/mol. The van der Waals surface area contributed by atoms with E-state index >= 15 is 0 Å². The van der Waals surface area contributed by atoms with Gasteiger partial charge in [-0.25, -0.2) is 0 Å².